The van der Waals surface area contributed by atoms with Gasteiger partial charge in [0.1, 0.15) is 0 Å². The van der Waals surface area contributed by atoms with Crippen molar-refractivity contribution < 1.29 is 28.3 Å². The zero-order valence-electron chi connectivity index (χ0n) is 46.1. The van der Waals surface area contributed by atoms with Crippen molar-refractivity contribution in [2.24, 2.45) is 0 Å². The molecule has 3 nitrogen and oxygen atoms in total. The maximum atomic E-state index is 7.88. The molecule has 0 saturated carbocycles. The molecule has 10 aromatic rings. The van der Waals surface area contributed by atoms with Crippen molar-refractivity contribution >= 4 is 0 Å². The first-order valence-corrected chi connectivity index (χ1v) is 23.9. The first-order valence-electron chi connectivity index (χ1n) is 26.9. The molecule has 0 spiro atoms. The zero-order valence-corrected chi connectivity index (χ0v) is 42.5. The van der Waals surface area contributed by atoms with Gasteiger partial charge in [-0.05, 0) is 112 Å². The van der Waals surface area contributed by atoms with Crippen LogP contribution in [0.3, 0.4) is 0 Å². The van der Waals surface area contributed by atoms with Crippen LogP contribution in [-0.2, 0) is 51.2 Å². The summed E-state index contributed by atoms with van der Waals surface area (Å²) in [6, 6.07) is 72.3. The van der Waals surface area contributed by atoms with Crippen molar-refractivity contribution in [1.29, 1.82) is 0 Å². The summed E-state index contributed by atoms with van der Waals surface area (Å²) < 4.78 is 47.3. The van der Waals surface area contributed by atoms with Gasteiger partial charge in [-0.1, -0.05) is 177 Å². The summed E-state index contributed by atoms with van der Waals surface area (Å²) in [4.78, 5) is 13.8. The van der Waals surface area contributed by atoms with Crippen LogP contribution in [0, 0.1) is 31.9 Å². The van der Waals surface area contributed by atoms with Gasteiger partial charge in [-0.3, -0.25) is 0 Å². The second-order valence-corrected chi connectivity index (χ2v) is 19.0. The Labute approximate surface area is 442 Å². The second kappa shape index (κ2) is 21.7. The Morgan fingerprint density at radius 3 is 1.46 bits per heavy atom. The molecule has 0 saturated heterocycles. The molecule has 3 heterocycles. The van der Waals surface area contributed by atoms with Crippen LogP contribution in [0.2, 0.25) is 0 Å². The fourth-order valence-corrected chi connectivity index (χ4v) is 9.07. The molecule has 4 heteroatoms. The van der Waals surface area contributed by atoms with Gasteiger partial charge in [0.25, 0.3) is 0 Å². The summed E-state index contributed by atoms with van der Waals surface area (Å²) in [5.41, 5.74) is 19.6. The summed E-state index contributed by atoms with van der Waals surface area (Å²) in [6.45, 7) is 2.22. The van der Waals surface area contributed by atoms with E-state index in [1.807, 2.05) is 36.5 Å². The number of rotatable bonds is 13. The van der Waals surface area contributed by atoms with E-state index in [0.29, 0.717) is 11.4 Å². The van der Waals surface area contributed by atoms with Crippen LogP contribution in [0.15, 0.2) is 201 Å². The number of nitrogens with zero attached hydrogens (tertiary/aromatic N) is 3. The average molecular weight is 1100 g/mol. The minimum Gasteiger partial charge on any atom is -0.305 e. The van der Waals surface area contributed by atoms with Crippen LogP contribution in [-0.4, -0.2) is 15.0 Å². The molecular formula is C67H56IrN3. The Morgan fingerprint density at radius 1 is 0.394 bits per heavy atom. The maximum absolute atomic E-state index is 7.88. The van der Waals surface area contributed by atoms with Crippen molar-refractivity contribution in [2.45, 2.75) is 65.6 Å². The Bertz CT molecular complexity index is 3520. The van der Waals surface area contributed by atoms with Gasteiger partial charge < -0.3 is 15.0 Å². The standard InChI is InChI=1S/C67H56N3.Ir/c1-46-33-36-68-64(39-46)55-23-19-48(20-24-55)15-17-50-41-51(18-16-49-21-25-56(26-22-49)65-40-47(2)34-37-69-65)43-58(42-50)60-13-9-10-14-61(60)62-32-31-57(66-45-59(35-38-70-66)67(3,4)5)44-63(62)54-29-27-53(28-30-54)52-11-7-6-8-12-52;/h6-14,19-23,25,27-30,32-45H,15-18H2,1-5H3;/q-3;+3/i1D3,2D3;. The van der Waals surface area contributed by atoms with E-state index < -0.39 is 13.7 Å². The van der Waals surface area contributed by atoms with Gasteiger partial charge in [0.2, 0.25) is 0 Å². The second-order valence-electron chi connectivity index (χ2n) is 19.0. The molecule has 10 rings (SSSR count). The molecule has 3 aromatic heterocycles. The van der Waals surface area contributed by atoms with E-state index in [4.69, 9.17) is 13.2 Å². The molecule has 0 atom stereocenters. The molecule has 0 aliphatic carbocycles. The number of hydrogen-bond acceptors (Lipinski definition) is 3. The third-order valence-electron chi connectivity index (χ3n) is 13.0. The van der Waals surface area contributed by atoms with Gasteiger partial charge in [-0.15, -0.1) is 94.5 Å². The zero-order chi connectivity index (χ0) is 53.0. The van der Waals surface area contributed by atoms with Crippen LogP contribution in [0.5, 0.6) is 0 Å². The van der Waals surface area contributed by atoms with E-state index in [1.165, 1.54) is 41.2 Å². The molecule has 0 aliphatic rings. The van der Waals surface area contributed by atoms with E-state index in [1.54, 1.807) is 12.1 Å². The number of pyridine rings is 3. The fraction of sp³-hybridized carbons (Fsp3) is 0.149. The normalized spacial score (nSPS) is 12.9. The van der Waals surface area contributed by atoms with E-state index in [-0.39, 0.29) is 36.6 Å². The third-order valence-corrected chi connectivity index (χ3v) is 13.0. The Kier molecular flexibility index (Phi) is 12.7. The molecule has 71 heavy (non-hydrogen) atoms. The van der Waals surface area contributed by atoms with Crippen molar-refractivity contribution in [3.63, 3.8) is 0 Å². The summed E-state index contributed by atoms with van der Waals surface area (Å²) in [7, 11) is 0. The predicted octanol–water partition coefficient (Wildman–Crippen LogP) is 16.4. The van der Waals surface area contributed by atoms with Gasteiger partial charge in [-0.2, -0.15) is 0 Å². The van der Waals surface area contributed by atoms with Gasteiger partial charge in [0.05, 0.1) is 0 Å². The predicted molar refractivity (Wildman–Crippen MR) is 290 cm³/mol. The minimum absolute atomic E-state index is 0. The van der Waals surface area contributed by atoms with E-state index in [0.717, 1.165) is 104 Å². The quantitative estimate of drug-likeness (QED) is 0.108. The number of hydrogen-bond donors (Lipinski definition) is 0. The first kappa shape index (κ1) is 41.4. The number of benzene rings is 7. The third kappa shape index (κ3) is 11.6. The van der Waals surface area contributed by atoms with Crippen molar-refractivity contribution in [2.75, 3.05) is 0 Å². The number of aryl methyl sites for hydroxylation is 6. The van der Waals surface area contributed by atoms with Crippen LogP contribution in [0.25, 0.3) is 78.3 Å². The van der Waals surface area contributed by atoms with Crippen molar-refractivity contribution in [3.05, 3.63) is 258 Å². The van der Waals surface area contributed by atoms with Crippen LogP contribution in [0.4, 0.5) is 0 Å². The molecule has 0 bridgehead atoms. The maximum Gasteiger partial charge on any atom is 3.00 e. The largest absolute Gasteiger partial charge is 3.00 e. The smallest absolute Gasteiger partial charge is 0.305 e. The van der Waals surface area contributed by atoms with Crippen LogP contribution >= 0.6 is 0 Å². The van der Waals surface area contributed by atoms with Crippen molar-refractivity contribution in [3.8, 4) is 78.3 Å². The van der Waals surface area contributed by atoms with Crippen molar-refractivity contribution in [1.82, 2.24) is 15.0 Å². The Morgan fingerprint density at radius 2 is 0.901 bits per heavy atom. The van der Waals surface area contributed by atoms with E-state index in [2.05, 4.69) is 176 Å². The first-order chi connectivity index (χ1) is 36.5. The summed E-state index contributed by atoms with van der Waals surface area (Å²) in [5, 5.41) is 0. The van der Waals surface area contributed by atoms with Gasteiger partial charge in [0, 0.05) is 26.8 Å². The summed E-state index contributed by atoms with van der Waals surface area (Å²) in [6.07, 6.45) is 8.06. The molecular weight excluding hydrogens is 1040 g/mol. The molecule has 0 fully saturated rings. The summed E-state index contributed by atoms with van der Waals surface area (Å²) in [5.74, 6) is 0. The number of aromatic nitrogens is 3. The average Bonchev–Trinajstić information content (AvgIpc) is 3.46. The monoisotopic (exact) mass is 1100 g/mol. The Hall–Kier alpha value is -7.36. The van der Waals surface area contributed by atoms with E-state index >= 15 is 0 Å². The van der Waals surface area contributed by atoms with Gasteiger partial charge in [-0.25, -0.2) is 0 Å². The molecule has 0 N–H and O–H groups in total. The van der Waals surface area contributed by atoms with Crippen LogP contribution < -0.4 is 0 Å². The van der Waals surface area contributed by atoms with Gasteiger partial charge >= 0.3 is 20.1 Å². The SMILES string of the molecule is [2H]C([2H])([2H])c1ccnc(-c2[c-]cc(CCc3cc(CCc4c[c-]c(-c5cc(C([2H])([2H])[2H])ccn5)cc4)cc(-c4ccccc4-c4c[c-]c(-c5cc(C(C)(C)C)ccn5)cc4-c4ccc(-c5ccccc5)cc4)c3)cc2)c1.[Ir+3]. The fourth-order valence-electron chi connectivity index (χ4n) is 9.07. The van der Waals surface area contributed by atoms with Crippen LogP contribution in [0.1, 0.15) is 67.9 Å². The topological polar surface area (TPSA) is 38.7 Å². The molecule has 0 unspecified atom stereocenters. The van der Waals surface area contributed by atoms with Gasteiger partial charge in [0.15, 0.2) is 0 Å². The molecule has 0 amide bonds. The van der Waals surface area contributed by atoms with E-state index in [9.17, 15) is 0 Å². The molecule has 348 valence electrons. The Balaban J connectivity index is 0.00000722. The molecule has 0 aliphatic heterocycles. The summed E-state index contributed by atoms with van der Waals surface area (Å²) >= 11 is 0. The minimum atomic E-state index is -2.22. The molecule has 7 aromatic carbocycles. The molecule has 0 radical (unpaired) electrons.